The number of hydrogen-bond acceptors (Lipinski definition) is 2. The number of piperidine rings is 1. The molecule has 0 bridgehead atoms. The minimum Gasteiger partial charge on any atom is -0.345 e. The summed E-state index contributed by atoms with van der Waals surface area (Å²) in [6.45, 7) is 4.32. The fraction of sp³-hybridized carbons (Fsp3) is 0.591. The SMILES string of the molecule is CN(CC1CCN(CCc2ccc(Cl)cc2)CC1)C(=O)[C@@H]1CC=CCC1. The van der Waals surface area contributed by atoms with Gasteiger partial charge in [0.25, 0.3) is 0 Å². The summed E-state index contributed by atoms with van der Waals surface area (Å²) < 4.78 is 0. The van der Waals surface area contributed by atoms with Crippen LogP contribution in [-0.4, -0.2) is 48.9 Å². The molecule has 0 spiro atoms. The van der Waals surface area contributed by atoms with E-state index in [1.807, 2.05) is 24.1 Å². The lowest BCUT2D eigenvalue weighted by atomic mass is 9.91. The predicted molar refractivity (Wildman–Crippen MR) is 108 cm³/mol. The molecular formula is C22H31ClN2O. The molecule has 0 unspecified atom stereocenters. The second-order valence-corrected chi connectivity index (χ2v) is 8.30. The normalized spacial score (nSPS) is 21.7. The molecule has 1 aromatic rings. The number of carbonyl (C=O) groups is 1. The van der Waals surface area contributed by atoms with Gasteiger partial charge < -0.3 is 9.80 Å². The van der Waals surface area contributed by atoms with E-state index in [-0.39, 0.29) is 5.92 Å². The lowest BCUT2D eigenvalue weighted by Gasteiger charge is -2.34. The lowest BCUT2D eigenvalue weighted by molar-refractivity contribution is -0.135. The first-order valence-corrected chi connectivity index (χ1v) is 10.4. The van der Waals surface area contributed by atoms with Crippen LogP contribution >= 0.6 is 11.6 Å². The summed E-state index contributed by atoms with van der Waals surface area (Å²) in [7, 11) is 1.99. The first kappa shape index (κ1) is 19.4. The van der Waals surface area contributed by atoms with Crippen LogP contribution in [0.2, 0.25) is 5.02 Å². The van der Waals surface area contributed by atoms with Crippen molar-refractivity contribution in [1.82, 2.24) is 9.80 Å². The van der Waals surface area contributed by atoms with Crippen LogP contribution in [0.5, 0.6) is 0 Å². The van der Waals surface area contributed by atoms with Crippen LogP contribution < -0.4 is 0 Å². The Morgan fingerprint density at radius 2 is 1.88 bits per heavy atom. The molecule has 3 rings (SSSR count). The summed E-state index contributed by atoms with van der Waals surface area (Å²) in [6.07, 6.45) is 10.8. The third-order valence-electron chi connectivity index (χ3n) is 5.86. The highest BCUT2D eigenvalue weighted by molar-refractivity contribution is 6.30. The predicted octanol–water partition coefficient (Wildman–Crippen LogP) is 4.41. The van der Waals surface area contributed by atoms with Crippen molar-refractivity contribution in [2.45, 2.75) is 38.5 Å². The highest BCUT2D eigenvalue weighted by Gasteiger charge is 2.26. The number of benzene rings is 1. The Kier molecular flexibility index (Phi) is 7.15. The zero-order valence-electron chi connectivity index (χ0n) is 15.9. The number of nitrogens with zero attached hydrogens (tertiary/aromatic N) is 2. The molecule has 1 saturated heterocycles. The maximum Gasteiger partial charge on any atom is 0.225 e. The summed E-state index contributed by atoms with van der Waals surface area (Å²) in [5.41, 5.74) is 1.35. The highest BCUT2D eigenvalue weighted by atomic mass is 35.5. The molecule has 0 N–H and O–H groups in total. The molecule has 0 radical (unpaired) electrons. The number of rotatable bonds is 6. The zero-order valence-corrected chi connectivity index (χ0v) is 16.6. The molecule has 4 heteroatoms. The Morgan fingerprint density at radius 1 is 1.15 bits per heavy atom. The van der Waals surface area contributed by atoms with E-state index in [2.05, 4.69) is 29.2 Å². The van der Waals surface area contributed by atoms with E-state index >= 15 is 0 Å². The summed E-state index contributed by atoms with van der Waals surface area (Å²) in [4.78, 5) is 17.1. The van der Waals surface area contributed by atoms with Gasteiger partial charge in [0.1, 0.15) is 0 Å². The minimum atomic E-state index is 0.212. The third-order valence-corrected chi connectivity index (χ3v) is 6.12. The Hall–Kier alpha value is -1.32. The number of hydrogen-bond donors (Lipinski definition) is 0. The van der Waals surface area contributed by atoms with Crippen LogP contribution in [0.3, 0.4) is 0 Å². The Labute approximate surface area is 163 Å². The molecule has 1 atom stereocenters. The standard InChI is InChI=1S/C22H31ClN2O/c1-24(22(26)20-5-3-2-4-6-20)17-19-12-15-25(16-13-19)14-11-18-7-9-21(23)10-8-18/h2-3,7-10,19-20H,4-6,11-17H2,1H3/t20-/m1/s1. The van der Waals surface area contributed by atoms with Gasteiger partial charge in [-0.15, -0.1) is 0 Å². The van der Waals surface area contributed by atoms with Crippen molar-refractivity contribution in [2.24, 2.45) is 11.8 Å². The van der Waals surface area contributed by atoms with E-state index < -0.39 is 0 Å². The van der Waals surface area contributed by atoms with Crippen molar-refractivity contribution in [1.29, 1.82) is 0 Å². The number of allylic oxidation sites excluding steroid dienone is 2. The van der Waals surface area contributed by atoms with Crippen molar-refractivity contribution in [3.63, 3.8) is 0 Å². The van der Waals surface area contributed by atoms with Gasteiger partial charge in [0.15, 0.2) is 0 Å². The van der Waals surface area contributed by atoms with Gasteiger partial charge in [-0.1, -0.05) is 35.9 Å². The maximum atomic E-state index is 12.6. The first-order chi connectivity index (χ1) is 12.6. The van der Waals surface area contributed by atoms with Crippen LogP contribution in [0.1, 0.15) is 37.7 Å². The van der Waals surface area contributed by atoms with Crippen molar-refractivity contribution < 1.29 is 4.79 Å². The topological polar surface area (TPSA) is 23.6 Å². The molecule has 1 aliphatic heterocycles. The summed E-state index contributed by atoms with van der Waals surface area (Å²) in [5, 5.41) is 0.803. The Balaban J connectivity index is 1.37. The van der Waals surface area contributed by atoms with Gasteiger partial charge >= 0.3 is 0 Å². The smallest absolute Gasteiger partial charge is 0.225 e. The molecule has 1 fully saturated rings. The Bertz CT molecular complexity index is 605. The highest BCUT2D eigenvalue weighted by Crippen LogP contribution is 2.23. The molecule has 1 heterocycles. The summed E-state index contributed by atoms with van der Waals surface area (Å²) in [5.74, 6) is 1.21. The maximum absolute atomic E-state index is 12.6. The molecule has 0 aromatic heterocycles. The number of amides is 1. The summed E-state index contributed by atoms with van der Waals surface area (Å²) in [6, 6.07) is 8.18. The average Bonchev–Trinajstić information content (AvgIpc) is 2.68. The van der Waals surface area contributed by atoms with Gasteiger partial charge in [0, 0.05) is 31.1 Å². The van der Waals surface area contributed by atoms with Crippen molar-refractivity contribution in [3.8, 4) is 0 Å². The van der Waals surface area contributed by atoms with E-state index in [0.29, 0.717) is 11.8 Å². The van der Waals surface area contributed by atoms with Gasteiger partial charge in [-0.3, -0.25) is 4.79 Å². The molecule has 26 heavy (non-hydrogen) atoms. The fourth-order valence-corrected chi connectivity index (χ4v) is 4.26. The van der Waals surface area contributed by atoms with Gasteiger partial charge in [0.2, 0.25) is 5.91 Å². The van der Waals surface area contributed by atoms with Crippen LogP contribution in [0.25, 0.3) is 0 Å². The second kappa shape index (κ2) is 9.57. The number of carbonyl (C=O) groups excluding carboxylic acids is 1. The first-order valence-electron chi connectivity index (χ1n) is 9.98. The van der Waals surface area contributed by atoms with E-state index in [1.54, 1.807) is 0 Å². The largest absolute Gasteiger partial charge is 0.345 e. The van der Waals surface area contributed by atoms with E-state index in [0.717, 1.165) is 56.9 Å². The molecule has 3 nitrogen and oxygen atoms in total. The molecule has 1 amide bonds. The molecular weight excluding hydrogens is 344 g/mol. The number of likely N-dealkylation sites (tertiary alicyclic amines) is 1. The molecule has 0 saturated carbocycles. The second-order valence-electron chi connectivity index (χ2n) is 7.86. The quantitative estimate of drug-likeness (QED) is 0.688. The van der Waals surface area contributed by atoms with Crippen molar-refractivity contribution in [3.05, 3.63) is 47.0 Å². The van der Waals surface area contributed by atoms with Crippen LogP contribution in [0, 0.1) is 11.8 Å². The lowest BCUT2D eigenvalue weighted by Crippen LogP contribution is -2.41. The molecule has 2 aliphatic rings. The van der Waals surface area contributed by atoms with Crippen LogP contribution in [-0.2, 0) is 11.2 Å². The van der Waals surface area contributed by atoms with Crippen molar-refractivity contribution >= 4 is 17.5 Å². The monoisotopic (exact) mass is 374 g/mol. The van der Waals surface area contributed by atoms with Crippen LogP contribution in [0.15, 0.2) is 36.4 Å². The van der Waals surface area contributed by atoms with Crippen molar-refractivity contribution in [2.75, 3.05) is 33.2 Å². The van der Waals surface area contributed by atoms with Gasteiger partial charge in [-0.2, -0.15) is 0 Å². The summed E-state index contributed by atoms with van der Waals surface area (Å²) >= 11 is 5.95. The fourth-order valence-electron chi connectivity index (χ4n) is 4.14. The molecule has 142 valence electrons. The van der Waals surface area contributed by atoms with Gasteiger partial charge in [-0.05, 0) is 75.2 Å². The van der Waals surface area contributed by atoms with E-state index in [9.17, 15) is 4.79 Å². The molecule has 1 aliphatic carbocycles. The van der Waals surface area contributed by atoms with E-state index in [4.69, 9.17) is 11.6 Å². The van der Waals surface area contributed by atoms with Gasteiger partial charge in [0.05, 0.1) is 0 Å². The third kappa shape index (κ3) is 5.59. The number of halogens is 1. The van der Waals surface area contributed by atoms with Gasteiger partial charge in [-0.25, -0.2) is 0 Å². The molecule has 1 aromatic carbocycles. The van der Waals surface area contributed by atoms with E-state index in [1.165, 1.54) is 18.4 Å². The minimum absolute atomic E-state index is 0.212. The Morgan fingerprint density at radius 3 is 2.54 bits per heavy atom. The zero-order chi connectivity index (χ0) is 18.4. The average molecular weight is 375 g/mol. The van der Waals surface area contributed by atoms with Crippen LogP contribution in [0.4, 0.5) is 0 Å².